The fraction of sp³-hybridized carbons (Fsp3) is 0.714. The van der Waals surface area contributed by atoms with E-state index in [-0.39, 0.29) is 12.0 Å². The van der Waals surface area contributed by atoms with E-state index in [2.05, 4.69) is 20.7 Å². The molecule has 1 saturated carbocycles. The van der Waals surface area contributed by atoms with Crippen LogP contribution in [0.1, 0.15) is 51.3 Å². The standard InChI is InChI=1S/C14H25N5O/c1-9(2)14-17-12(7-13(18-14)19-15)16-8-10-5-3-4-6-11(10)20/h7,9-11,20H,3-6,8,15H2,1-2H3,(H2,16,17,18,19). The van der Waals surface area contributed by atoms with Gasteiger partial charge in [0.25, 0.3) is 0 Å². The van der Waals surface area contributed by atoms with E-state index in [0.29, 0.717) is 11.7 Å². The molecule has 2 unspecified atom stereocenters. The van der Waals surface area contributed by atoms with E-state index in [1.54, 1.807) is 6.07 Å². The lowest BCUT2D eigenvalue weighted by atomic mass is 9.86. The van der Waals surface area contributed by atoms with Crippen LogP contribution in [0.5, 0.6) is 0 Å². The van der Waals surface area contributed by atoms with Gasteiger partial charge in [-0.25, -0.2) is 15.8 Å². The van der Waals surface area contributed by atoms with Gasteiger partial charge in [-0.2, -0.15) is 0 Å². The highest BCUT2D eigenvalue weighted by atomic mass is 16.3. The number of nitrogens with one attached hydrogen (secondary N) is 2. The van der Waals surface area contributed by atoms with Crippen LogP contribution in [0.15, 0.2) is 6.07 Å². The van der Waals surface area contributed by atoms with Crippen LogP contribution in [0.25, 0.3) is 0 Å². The van der Waals surface area contributed by atoms with Crippen molar-refractivity contribution in [3.05, 3.63) is 11.9 Å². The van der Waals surface area contributed by atoms with Crippen LogP contribution in [0, 0.1) is 5.92 Å². The first-order chi connectivity index (χ1) is 9.60. The summed E-state index contributed by atoms with van der Waals surface area (Å²) in [5.74, 6) is 8.10. The molecule has 112 valence electrons. The van der Waals surface area contributed by atoms with Gasteiger partial charge in [0.2, 0.25) is 0 Å². The molecule has 1 aliphatic rings. The van der Waals surface area contributed by atoms with Gasteiger partial charge >= 0.3 is 0 Å². The van der Waals surface area contributed by atoms with E-state index in [9.17, 15) is 5.11 Å². The van der Waals surface area contributed by atoms with Gasteiger partial charge in [-0.1, -0.05) is 26.7 Å². The van der Waals surface area contributed by atoms with Crippen LogP contribution in [0.3, 0.4) is 0 Å². The van der Waals surface area contributed by atoms with Crippen molar-refractivity contribution in [2.45, 2.75) is 51.6 Å². The lowest BCUT2D eigenvalue weighted by molar-refractivity contribution is 0.0763. The molecule has 0 spiro atoms. The van der Waals surface area contributed by atoms with Crippen LogP contribution in [-0.2, 0) is 0 Å². The summed E-state index contributed by atoms with van der Waals surface area (Å²) in [7, 11) is 0. The molecule has 1 heterocycles. The van der Waals surface area contributed by atoms with Gasteiger partial charge in [0.05, 0.1) is 6.10 Å². The van der Waals surface area contributed by atoms with Crippen molar-refractivity contribution in [1.29, 1.82) is 0 Å². The number of rotatable bonds is 5. The van der Waals surface area contributed by atoms with E-state index in [1.165, 1.54) is 6.42 Å². The van der Waals surface area contributed by atoms with Crippen LogP contribution < -0.4 is 16.6 Å². The highest BCUT2D eigenvalue weighted by Crippen LogP contribution is 2.25. The Balaban J connectivity index is 2.02. The van der Waals surface area contributed by atoms with Gasteiger partial charge in [0.15, 0.2) is 0 Å². The summed E-state index contributed by atoms with van der Waals surface area (Å²) in [5.41, 5.74) is 2.57. The van der Waals surface area contributed by atoms with Crippen molar-refractivity contribution < 1.29 is 5.11 Å². The summed E-state index contributed by atoms with van der Waals surface area (Å²) in [6.45, 7) is 4.83. The normalized spacial score (nSPS) is 22.9. The topological polar surface area (TPSA) is 96.1 Å². The van der Waals surface area contributed by atoms with Crippen LogP contribution in [-0.4, -0.2) is 27.7 Å². The molecule has 0 radical (unpaired) electrons. The molecule has 0 aromatic carbocycles. The minimum Gasteiger partial charge on any atom is -0.393 e. The zero-order valence-electron chi connectivity index (χ0n) is 12.3. The Bertz CT molecular complexity index is 438. The Kier molecular flexibility index (Phi) is 5.14. The summed E-state index contributed by atoms with van der Waals surface area (Å²) in [4.78, 5) is 8.82. The molecular formula is C14H25N5O. The zero-order chi connectivity index (χ0) is 14.5. The molecule has 1 fully saturated rings. The van der Waals surface area contributed by atoms with Crippen molar-refractivity contribution >= 4 is 11.6 Å². The van der Waals surface area contributed by atoms with Gasteiger partial charge in [-0.15, -0.1) is 0 Å². The quantitative estimate of drug-likeness (QED) is 0.485. The largest absolute Gasteiger partial charge is 0.393 e. The van der Waals surface area contributed by atoms with Crippen LogP contribution >= 0.6 is 0 Å². The molecule has 2 atom stereocenters. The zero-order valence-corrected chi connectivity index (χ0v) is 12.3. The Hall–Kier alpha value is -1.40. The lowest BCUT2D eigenvalue weighted by Gasteiger charge is -2.27. The molecule has 0 saturated heterocycles. The summed E-state index contributed by atoms with van der Waals surface area (Å²) < 4.78 is 0. The van der Waals surface area contributed by atoms with Gasteiger partial charge in [-0.3, -0.25) is 0 Å². The number of nitrogen functional groups attached to an aromatic ring is 1. The lowest BCUT2D eigenvalue weighted by Crippen LogP contribution is -2.30. The first-order valence-electron chi connectivity index (χ1n) is 7.37. The van der Waals surface area contributed by atoms with E-state index < -0.39 is 0 Å². The van der Waals surface area contributed by atoms with E-state index in [0.717, 1.165) is 37.4 Å². The monoisotopic (exact) mass is 279 g/mol. The number of aromatic nitrogens is 2. The second-order valence-electron chi connectivity index (χ2n) is 5.79. The summed E-state index contributed by atoms with van der Waals surface area (Å²) in [6.07, 6.45) is 4.10. The Labute approximate surface area is 120 Å². The number of aliphatic hydroxyl groups excluding tert-OH is 1. The van der Waals surface area contributed by atoms with Gasteiger partial charge < -0.3 is 15.8 Å². The van der Waals surface area contributed by atoms with Crippen molar-refractivity contribution in [3.63, 3.8) is 0 Å². The highest BCUT2D eigenvalue weighted by molar-refractivity contribution is 5.47. The number of hydrazine groups is 1. The fourth-order valence-corrected chi connectivity index (χ4v) is 2.55. The van der Waals surface area contributed by atoms with Crippen LogP contribution in [0.4, 0.5) is 11.6 Å². The summed E-state index contributed by atoms with van der Waals surface area (Å²) >= 11 is 0. The maximum atomic E-state index is 9.99. The van der Waals surface area contributed by atoms with Crippen molar-refractivity contribution in [2.24, 2.45) is 11.8 Å². The molecule has 1 aliphatic carbocycles. The molecule has 1 aromatic rings. The molecule has 0 aliphatic heterocycles. The third-order valence-corrected chi connectivity index (χ3v) is 3.82. The molecule has 0 amide bonds. The maximum absolute atomic E-state index is 9.99. The first kappa shape index (κ1) is 15.0. The fourth-order valence-electron chi connectivity index (χ4n) is 2.55. The van der Waals surface area contributed by atoms with Gasteiger partial charge in [0, 0.05) is 24.4 Å². The molecule has 20 heavy (non-hydrogen) atoms. The second kappa shape index (κ2) is 6.85. The van der Waals surface area contributed by atoms with Crippen molar-refractivity contribution in [2.75, 3.05) is 17.3 Å². The van der Waals surface area contributed by atoms with Gasteiger partial charge in [-0.05, 0) is 12.8 Å². The van der Waals surface area contributed by atoms with Crippen molar-refractivity contribution in [3.8, 4) is 0 Å². The van der Waals surface area contributed by atoms with Crippen LogP contribution in [0.2, 0.25) is 0 Å². The number of hydrogen-bond acceptors (Lipinski definition) is 6. The average Bonchev–Trinajstić information content (AvgIpc) is 2.46. The SMILES string of the molecule is CC(C)c1nc(NN)cc(NCC2CCCCC2O)n1. The molecule has 1 aromatic heterocycles. The number of nitrogens with zero attached hydrogens (tertiary/aromatic N) is 2. The van der Waals surface area contributed by atoms with Gasteiger partial charge in [0.1, 0.15) is 17.5 Å². The molecular weight excluding hydrogens is 254 g/mol. The maximum Gasteiger partial charge on any atom is 0.145 e. The minimum absolute atomic E-state index is 0.199. The number of nitrogens with two attached hydrogens (primary N) is 1. The number of anilines is 2. The number of hydrogen-bond donors (Lipinski definition) is 4. The highest BCUT2D eigenvalue weighted by Gasteiger charge is 2.22. The molecule has 2 rings (SSSR count). The molecule has 0 bridgehead atoms. The van der Waals surface area contributed by atoms with Crippen molar-refractivity contribution in [1.82, 2.24) is 9.97 Å². The molecule has 6 heteroatoms. The Morgan fingerprint density at radius 3 is 2.65 bits per heavy atom. The predicted molar refractivity (Wildman–Crippen MR) is 80.4 cm³/mol. The minimum atomic E-state index is -0.199. The number of aliphatic hydroxyl groups is 1. The molecule has 6 nitrogen and oxygen atoms in total. The first-order valence-corrected chi connectivity index (χ1v) is 7.37. The van der Waals surface area contributed by atoms with E-state index >= 15 is 0 Å². The Morgan fingerprint density at radius 1 is 1.30 bits per heavy atom. The third-order valence-electron chi connectivity index (χ3n) is 3.82. The molecule has 5 N–H and O–H groups in total. The smallest absolute Gasteiger partial charge is 0.145 e. The summed E-state index contributed by atoms with van der Waals surface area (Å²) in [5, 5.41) is 13.3. The second-order valence-corrected chi connectivity index (χ2v) is 5.79. The average molecular weight is 279 g/mol. The summed E-state index contributed by atoms with van der Waals surface area (Å²) in [6, 6.07) is 1.79. The third kappa shape index (κ3) is 3.80. The predicted octanol–water partition coefficient (Wildman–Crippen LogP) is 1.85. The Morgan fingerprint density at radius 2 is 2.00 bits per heavy atom. The van der Waals surface area contributed by atoms with E-state index in [1.807, 2.05) is 13.8 Å². The van der Waals surface area contributed by atoms with E-state index in [4.69, 9.17) is 5.84 Å².